The Hall–Kier alpha value is -1.12. The number of unbranched alkanes of at least 4 members (excludes halogenated alkanes) is 6. The molecule has 0 amide bonds. The average molecular weight is 403 g/mol. The minimum Gasteiger partial charge on any atom is -0.387 e. The number of rotatable bonds is 15. The summed E-state index contributed by atoms with van der Waals surface area (Å²) < 4.78 is 5.96. The molecule has 0 bridgehead atoms. The van der Waals surface area contributed by atoms with Gasteiger partial charge in [-0.15, -0.1) is 5.73 Å². The van der Waals surface area contributed by atoms with Gasteiger partial charge in [-0.25, -0.2) is 0 Å². The van der Waals surface area contributed by atoms with Crippen molar-refractivity contribution in [1.82, 2.24) is 0 Å². The maximum Gasteiger partial charge on any atom is 0.0919 e. The second kappa shape index (κ2) is 13.2. The predicted molar refractivity (Wildman–Crippen MR) is 124 cm³/mol. The third-order valence-electron chi connectivity index (χ3n) is 5.35. The van der Waals surface area contributed by atoms with Crippen molar-refractivity contribution < 1.29 is 9.84 Å². The number of aliphatic hydroxyl groups is 1. The van der Waals surface area contributed by atoms with E-state index in [9.17, 15) is 5.11 Å². The van der Waals surface area contributed by atoms with Crippen molar-refractivity contribution >= 4 is 8.07 Å². The van der Waals surface area contributed by atoms with Gasteiger partial charge in [0.2, 0.25) is 0 Å². The van der Waals surface area contributed by atoms with Crippen LogP contribution in [0.1, 0.15) is 70.3 Å². The lowest BCUT2D eigenvalue weighted by atomic mass is 9.92. The first kappa shape index (κ1) is 24.9. The number of hydrogen-bond donors (Lipinski definition) is 1. The molecule has 1 aromatic carbocycles. The smallest absolute Gasteiger partial charge is 0.0919 e. The lowest BCUT2D eigenvalue weighted by Gasteiger charge is -2.32. The Morgan fingerprint density at radius 3 is 2.21 bits per heavy atom. The first-order chi connectivity index (χ1) is 13.3. The fraction of sp³-hybridized carbons (Fsp3) is 0.640. The summed E-state index contributed by atoms with van der Waals surface area (Å²) in [6.07, 6.45) is 10.2. The first-order valence-electron chi connectivity index (χ1n) is 11.0. The van der Waals surface area contributed by atoms with Gasteiger partial charge in [0.1, 0.15) is 0 Å². The lowest BCUT2D eigenvalue weighted by molar-refractivity contribution is -0.0570. The minimum absolute atomic E-state index is 0.368. The Labute approximate surface area is 174 Å². The molecule has 1 N–H and O–H groups in total. The van der Waals surface area contributed by atoms with Gasteiger partial charge in [0.05, 0.1) is 26.9 Å². The topological polar surface area (TPSA) is 29.5 Å². The van der Waals surface area contributed by atoms with E-state index in [4.69, 9.17) is 4.74 Å². The summed E-state index contributed by atoms with van der Waals surface area (Å²) in [5, 5.41) is 12.6. The maximum absolute atomic E-state index is 11.4. The molecule has 0 aliphatic heterocycles. The van der Waals surface area contributed by atoms with Crippen molar-refractivity contribution in [3.63, 3.8) is 0 Å². The van der Waals surface area contributed by atoms with Crippen LogP contribution in [0.3, 0.4) is 0 Å². The van der Waals surface area contributed by atoms with E-state index in [0.717, 1.165) is 18.4 Å². The summed E-state index contributed by atoms with van der Waals surface area (Å²) in [6, 6.07) is 10.2. The van der Waals surface area contributed by atoms with Gasteiger partial charge in [-0.2, -0.15) is 0 Å². The third-order valence-corrected chi connectivity index (χ3v) is 7.52. The van der Waals surface area contributed by atoms with E-state index in [-0.39, 0.29) is 0 Å². The number of benzene rings is 1. The normalized spacial score (nSPS) is 13.8. The molecule has 0 saturated heterocycles. The van der Waals surface area contributed by atoms with E-state index in [0.29, 0.717) is 19.6 Å². The van der Waals surface area contributed by atoms with Gasteiger partial charge in [-0.3, -0.25) is 0 Å². The van der Waals surface area contributed by atoms with Crippen LogP contribution in [0.4, 0.5) is 0 Å². The molecule has 0 aliphatic rings. The first-order valence-corrected chi connectivity index (χ1v) is 14.5. The monoisotopic (exact) mass is 402 g/mol. The van der Waals surface area contributed by atoms with Crippen molar-refractivity contribution in [2.24, 2.45) is 0 Å². The van der Waals surface area contributed by atoms with Crippen LogP contribution in [0.25, 0.3) is 0 Å². The molecule has 0 unspecified atom stereocenters. The van der Waals surface area contributed by atoms with E-state index in [1.165, 1.54) is 43.7 Å². The molecule has 158 valence electrons. The van der Waals surface area contributed by atoms with E-state index in [2.05, 4.69) is 51.0 Å². The van der Waals surface area contributed by atoms with Gasteiger partial charge >= 0.3 is 0 Å². The second-order valence-corrected chi connectivity index (χ2v) is 14.3. The summed E-state index contributed by atoms with van der Waals surface area (Å²) in [5.41, 5.74) is 3.47. The Bertz CT molecular complexity index is 584. The van der Waals surface area contributed by atoms with Gasteiger partial charge in [-0.1, -0.05) is 108 Å². The molecule has 0 spiro atoms. The summed E-state index contributed by atoms with van der Waals surface area (Å²) in [7, 11) is -1.54. The van der Waals surface area contributed by atoms with Gasteiger partial charge in [0, 0.05) is 6.42 Å². The molecular formula is C25H42O2Si. The van der Waals surface area contributed by atoms with Gasteiger partial charge in [0.25, 0.3) is 0 Å². The molecule has 0 fully saturated rings. The number of hydrogen-bond acceptors (Lipinski definition) is 2. The van der Waals surface area contributed by atoms with Gasteiger partial charge < -0.3 is 9.84 Å². The highest BCUT2D eigenvalue weighted by Crippen LogP contribution is 2.29. The van der Waals surface area contributed by atoms with Crippen molar-refractivity contribution in [2.75, 3.05) is 6.61 Å². The van der Waals surface area contributed by atoms with Crippen LogP contribution in [0.15, 0.2) is 47.8 Å². The van der Waals surface area contributed by atoms with Crippen LogP contribution in [-0.2, 0) is 11.3 Å². The molecule has 0 aliphatic carbocycles. The predicted octanol–water partition coefficient (Wildman–Crippen LogP) is 7.05. The molecule has 0 radical (unpaired) electrons. The average Bonchev–Trinajstić information content (AvgIpc) is 2.65. The highest BCUT2D eigenvalue weighted by Gasteiger charge is 2.32. The molecule has 0 heterocycles. The van der Waals surface area contributed by atoms with Crippen LogP contribution in [0, 0.1) is 0 Å². The van der Waals surface area contributed by atoms with Crippen molar-refractivity contribution in [2.45, 2.75) is 96.6 Å². The summed E-state index contributed by atoms with van der Waals surface area (Å²) in [5.74, 6) is 0. The minimum atomic E-state index is -1.54. The lowest BCUT2D eigenvalue weighted by Crippen LogP contribution is -2.39. The summed E-state index contributed by atoms with van der Waals surface area (Å²) in [6.45, 7) is 13.9. The number of ether oxygens (including phenoxy) is 1. The maximum atomic E-state index is 11.4. The summed E-state index contributed by atoms with van der Waals surface area (Å²) >= 11 is 0. The Morgan fingerprint density at radius 2 is 1.64 bits per heavy atom. The van der Waals surface area contributed by atoms with Crippen LogP contribution >= 0.6 is 0 Å². The highest BCUT2D eigenvalue weighted by atomic mass is 28.3. The van der Waals surface area contributed by atoms with E-state index < -0.39 is 13.7 Å². The Morgan fingerprint density at radius 1 is 1.04 bits per heavy atom. The Balaban J connectivity index is 2.60. The quantitative estimate of drug-likeness (QED) is 0.193. The molecule has 3 heteroatoms. The van der Waals surface area contributed by atoms with Crippen molar-refractivity contribution in [1.29, 1.82) is 0 Å². The van der Waals surface area contributed by atoms with Crippen LogP contribution in [0.5, 0.6) is 0 Å². The molecule has 1 atom stereocenters. The van der Waals surface area contributed by atoms with E-state index in [1.807, 2.05) is 18.2 Å². The van der Waals surface area contributed by atoms with Crippen molar-refractivity contribution in [3.05, 3.63) is 53.4 Å². The largest absolute Gasteiger partial charge is 0.387 e. The fourth-order valence-electron chi connectivity index (χ4n) is 3.48. The molecule has 2 nitrogen and oxygen atoms in total. The fourth-order valence-corrected chi connectivity index (χ4v) is 4.87. The van der Waals surface area contributed by atoms with Crippen molar-refractivity contribution in [3.8, 4) is 0 Å². The molecule has 28 heavy (non-hydrogen) atoms. The molecule has 0 saturated carbocycles. The van der Waals surface area contributed by atoms with Gasteiger partial charge in [-0.05, 0) is 17.2 Å². The van der Waals surface area contributed by atoms with Gasteiger partial charge in [0.15, 0.2) is 0 Å². The zero-order valence-electron chi connectivity index (χ0n) is 18.7. The van der Waals surface area contributed by atoms with Crippen LogP contribution in [0.2, 0.25) is 19.6 Å². The van der Waals surface area contributed by atoms with Crippen LogP contribution < -0.4 is 0 Å². The van der Waals surface area contributed by atoms with Crippen LogP contribution in [-0.4, -0.2) is 25.4 Å². The Kier molecular flexibility index (Phi) is 11.7. The highest BCUT2D eigenvalue weighted by molar-refractivity contribution is 6.83. The van der Waals surface area contributed by atoms with E-state index >= 15 is 0 Å². The standard InChI is InChI=1S/C25H42O2Si/c1-6-8-9-10-11-12-16-19-25(26,20-24(7-2)28(3,4)5)22-27-21-23-17-14-13-15-18-23/h13-15,17-18,26H,2,6,8-12,16,19-22H2,1,3-5H3/t25-/m0/s1. The SMILES string of the molecule is C=C=C(C[C@@](O)(CCCCCCCCC)COCc1ccccc1)[Si](C)(C)C. The zero-order chi connectivity index (χ0) is 20.9. The molecule has 1 rings (SSSR count). The third kappa shape index (κ3) is 10.4. The van der Waals surface area contributed by atoms with E-state index in [1.54, 1.807) is 0 Å². The second-order valence-electron chi connectivity index (χ2n) is 9.16. The molecule has 0 aromatic heterocycles. The molecular weight excluding hydrogens is 360 g/mol. The summed E-state index contributed by atoms with van der Waals surface area (Å²) in [4.78, 5) is 0. The zero-order valence-corrected chi connectivity index (χ0v) is 19.7. The molecule has 1 aromatic rings.